The number of carbonyl (C=O) groups excluding carboxylic acids is 1. The number of carbonyl (C=O) groups is 1. The third-order valence-electron chi connectivity index (χ3n) is 4.79. The summed E-state index contributed by atoms with van der Waals surface area (Å²) in [6.45, 7) is 4.36. The molecule has 3 rings (SSSR count). The zero-order chi connectivity index (χ0) is 20.8. The molecule has 0 radical (unpaired) electrons. The molecule has 0 saturated carbocycles. The summed E-state index contributed by atoms with van der Waals surface area (Å²) in [5, 5.41) is 20.9. The monoisotopic (exact) mass is 407 g/mol. The molecule has 1 aliphatic heterocycles. The SMILES string of the molecule is Cn1cc(C(=O)N(Cc2ccc(F)cc2)OCCCN2CCOCC2)c(O)c1O. The van der Waals surface area contributed by atoms with E-state index >= 15 is 0 Å². The molecule has 1 amide bonds. The number of ether oxygens (including phenoxy) is 1. The van der Waals surface area contributed by atoms with Crippen molar-refractivity contribution in [3.05, 3.63) is 47.4 Å². The Bertz CT molecular complexity index is 818. The fraction of sp³-hybridized carbons (Fsp3) is 0.450. The minimum absolute atomic E-state index is 0.0692. The van der Waals surface area contributed by atoms with Crippen LogP contribution in [-0.2, 0) is 23.2 Å². The van der Waals surface area contributed by atoms with Crippen LogP contribution in [0.15, 0.2) is 30.5 Å². The van der Waals surface area contributed by atoms with Crippen LogP contribution in [0.2, 0.25) is 0 Å². The number of nitrogens with zero attached hydrogens (tertiary/aromatic N) is 3. The predicted molar refractivity (Wildman–Crippen MR) is 103 cm³/mol. The van der Waals surface area contributed by atoms with E-state index in [-0.39, 0.29) is 17.9 Å². The Morgan fingerprint density at radius 1 is 1.24 bits per heavy atom. The zero-order valence-electron chi connectivity index (χ0n) is 16.4. The highest BCUT2D eigenvalue weighted by atomic mass is 19.1. The number of morpholine rings is 1. The van der Waals surface area contributed by atoms with E-state index in [0.29, 0.717) is 31.8 Å². The summed E-state index contributed by atoms with van der Waals surface area (Å²) in [5.74, 6) is -1.86. The molecule has 1 aromatic carbocycles. The average Bonchev–Trinajstić information content (AvgIpc) is 2.99. The Balaban J connectivity index is 1.66. The van der Waals surface area contributed by atoms with Gasteiger partial charge in [0.1, 0.15) is 11.4 Å². The topological polar surface area (TPSA) is 87.4 Å². The van der Waals surface area contributed by atoms with Crippen LogP contribution >= 0.6 is 0 Å². The number of amides is 1. The molecule has 2 N–H and O–H groups in total. The summed E-state index contributed by atoms with van der Waals surface area (Å²) in [5.41, 5.74) is 0.605. The first kappa shape index (κ1) is 21.1. The minimum atomic E-state index is -0.589. The summed E-state index contributed by atoms with van der Waals surface area (Å²) in [7, 11) is 1.51. The number of hydrogen-bond acceptors (Lipinski definition) is 6. The first-order valence-electron chi connectivity index (χ1n) is 9.52. The fourth-order valence-corrected chi connectivity index (χ4v) is 3.11. The van der Waals surface area contributed by atoms with E-state index in [1.165, 1.54) is 29.9 Å². The first-order chi connectivity index (χ1) is 14.0. The molecule has 2 heterocycles. The summed E-state index contributed by atoms with van der Waals surface area (Å²) in [6, 6.07) is 5.74. The van der Waals surface area contributed by atoms with Gasteiger partial charge in [-0.05, 0) is 24.1 Å². The lowest BCUT2D eigenvalue weighted by Gasteiger charge is -2.27. The van der Waals surface area contributed by atoms with Gasteiger partial charge in [0.05, 0.1) is 26.4 Å². The molecule has 158 valence electrons. The highest BCUT2D eigenvalue weighted by molar-refractivity contribution is 5.97. The van der Waals surface area contributed by atoms with Gasteiger partial charge in [-0.15, -0.1) is 0 Å². The summed E-state index contributed by atoms with van der Waals surface area (Å²) >= 11 is 0. The predicted octanol–water partition coefficient (Wildman–Crippen LogP) is 1.87. The van der Waals surface area contributed by atoms with Gasteiger partial charge in [-0.1, -0.05) is 12.1 Å². The van der Waals surface area contributed by atoms with Crippen molar-refractivity contribution in [2.24, 2.45) is 7.05 Å². The van der Waals surface area contributed by atoms with Gasteiger partial charge >= 0.3 is 0 Å². The third-order valence-corrected chi connectivity index (χ3v) is 4.79. The maximum atomic E-state index is 13.2. The number of aryl methyl sites for hydroxylation is 1. The van der Waals surface area contributed by atoms with E-state index in [4.69, 9.17) is 9.57 Å². The fourth-order valence-electron chi connectivity index (χ4n) is 3.11. The van der Waals surface area contributed by atoms with Gasteiger partial charge in [-0.2, -0.15) is 0 Å². The lowest BCUT2D eigenvalue weighted by Crippen LogP contribution is -2.37. The highest BCUT2D eigenvalue weighted by Crippen LogP contribution is 2.31. The second-order valence-corrected chi connectivity index (χ2v) is 6.93. The molecule has 0 spiro atoms. The average molecular weight is 407 g/mol. The van der Waals surface area contributed by atoms with Gasteiger partial charge in [0.2, 0.25) is 5.88 Å². The molecule has 1 aromatic heterocycles. The largest absolute Gasteiger partial charge is 0.503 e. The Labute approximate surface area is 168 Å². The molecule has 0 atom stereocenters. The smallest absolute Gasteiger partial charge is 0.283 e. The molecule has 0 aliphatic carbocycles. The van der Waals surface area contributed by atoms with Crippen molar-refractivity contribution in [3.8, 4) is 11.6 Å². The van der Waals surface area contributed by atoms with Crippen LogP contribution in [0, 0.1) is 5.82 Å². The second kappa shape index (κ2) is 9.73. The van der Waals surface area contributed by atoms with E-state index in [2.05, 4.69) is 4.90 Å². The molecule has 0 unspecified atom stereocenters. The Morgan fingerprint density at radius 2 is 1.93 bits per heavy atom. The number of benzene rings is 1. The van der Waals surface area contributed by atoms with Crippen LogP contribution in [0.1, 0.15) is 22.3 Å². The van der Waals surface area contributed by atoms with Crippen LogP contribution in [-0.4, -0.2) is 70.1 Å². The first-order valence-corrected chi connectivity index (χ1v) is 9.52. The van der Waals surface area contributed by atoms with Crippen LogP contribution in [0.25, 0.3) is 0 Å². The van der Waals surface area contributed by atoms with Crippen molar-refractivity contribution >= 4 is 5.91 Å². The zero-order valence-corrected chi connectivity index (χ0v) is 16.4. The number of halogens is 1. The number of aromatic hydroxyl groups is 2. The number of hydrogen-bond donors (Lipinski definition) is 2. The molecule has 29 heavy (non-hydrogen) atoms. The lowest BCUT2D eigenvalue weighted by atomic mass is 10.2. The van der Waals surface area contributed by atoms with Gasteiger partial charge < -0.3 is 19.5 Å². The highest BCUT2D eigenvalue weighted by Gasteiger charge is 2.25. The van der Waals surface area contributed by atoms with E-state index in [1.807, 2.05) is 0 Å². The van der Waals surface area contributed by atoms with Crippen LogP contribution in [0.5, 0.6) is 11.6 Å². The van der Waals surface area contributed by atoms with Crippen LogP contribution in [0.4, 0.5) is 4.39 Å². The van der Waals surface area contributed by atoms with E-state index in [9.17, 15) is 19.4 Å². The van der Waals surface area contributed by atoms with Crippen LogP contribution in [0.3, 0.4) is 0 Å². The molecule has 2 aromatic rings. The van der Waals surface area contributed by atoms with Gasteiger partial charge in [-0.25, -0.2) is 9.45 Å². The number of hydroxylamine groups is 2. The van der Waals surface area contributed by atoms with Crippen molar-refractivity contribution in [1.29, 1.82) is 0 Å². The Morgan fingerprint density at radius 3 is 2.55 bits per heavy atom. The molecule has 0 bridgehead atoms. The van der Waals surface area contributed by atoms with Crippen molar-refractivity contribution in [2.75, 3.05) is 39.5 Å². The molecule has 1 saturated heterocycles. The van der Waals surface area contributed by atoms with Crippen molar-refractivity contribution in [1.82, 2.24) is 14.5 Å². The van der Waals surface area contributed by atoms with Gasteiger partial charge in [0.25, 0.3) is 5.91 Å². The van der Waals surface area contributed by atoms with E-state index in [1.54, 1.807) is 12.1 Å². The third kappa shape index (κ3) is 5.47. The lowest BCUT2D eigenvalue weighted by molar-refractivity contribution is -0.132. The summed E-state index contributed by atoms with van der Waals surface area (Å²) in [4.78, 5) is 20.9. The second-order valence-electron chi connectivity index (χ2n) is 6.93. The maximum absolute atomic E-state index is 13.2. The Hall–Kier alpha value is -2.62. The quantitative estimate of drug-likeness (QED) is 0.513. The van der Waals surface area contributed by atoms with Gasteiger partial charge in [0, 0.05) is 32.9 Å². The molecular formula is C20H26FN3O5. The molecule has 9 heteroatoms. The van der Waals surface area contributed by atoms with Crippen molar-refractivity contribution in [3.63, 3.8) is 0 Å². The normalized spacial score (nSPS) is 14.8. The summed E-state index contributed by atoms with van der Waals surface area (Å²) < 4.78 is 19.8. The molecular weight excluding hydrogens is 381 g/mol. The number of aromatic nitrogens is 1. The molecule has 8 nitrogen and oxygen atoms in total. The molecule has 1 aliphatic rings. The molecule has 1 fully saturated rings. The minimum Gasteiger partial charge on any atom is -0.503 e. The maximum Gasteiger partial charge on any atom is 0.283 e. The van der Waals surface area contributed by atoms with E-state index in [0.717, 1.165) is 24.7 Å². The van der Waals surface area contributed by atoms with Gasteiger partial charge in [0.15, 0.2) is 5.75 Å². The van der Waals surface area contributed by atoms with Crippen molar-refractivity contribution < 1.29 is 29.0 Å². The summed E-state index contributed by atoms with van der Waals surface area (Å²) in [6.07, 6.45) is 2.04. The van der Waals surface area contributed by atoms with Crippen LogP contribution < -0.4 is 0 Å². The van der Waals surface area contributed by atoms with Gasteiger partial charge in [-0.3, -0.25) is 14.5 Å². The Kier molecular flexibility index (Phi) is 7.08. The standard InChI is InChI=1S/C20H26FN3O5/c1-22-14-17(18(25)20(22)27)19(26)24(13-15-3-5-16(21)6-4-15)29-10-2-7-23-8-11-28-12-9-23/h3-6,14,25,27H,2,7-13H2,1H3. The van der Waals surface area contributed by atoms with Crippen molar-refractivity contribution in [2.45, 2.75) is 13.0 Å². The van der Waals surface area contributed by atoms with E-state index < -0.39 is 17.5 Å². The number of rotatable bonds is 8.